The Balaban J connectivity index is 1.84. The van der Waals surface area contributed by atoms with Crippen molar-refractivity contribution >= 4 is 23.9 Å². The third-order valence-corrected chi connectivity index (χ3v) is 12.1. The van der Waals surface area contributed by atoms with Crippen LogP contribution in [-0.2, 0) is 63.8 Å². The van der Waals surface area contributed by atoms with Crippen LogP contribution in [0.25, 0.3) is 0 Å². The van der Waals surface area contributed by atoms with Crippen LogP contribution in [0.1, 0.15) is 105 Å². The highest BCUT2D eigenvalue weighted by atomic mass is 16.6. The Morgan fingerprint density at radius 3 is 0.653 bits per heavy atom. The molecule has 0 radical (unpaired) electrons. The number of carbonyl (C=O) groups excluding carboxylic acids is 4. The lowest BCUT2D eigenvalue weighted by molar-refractivity contribution is -0.161. The first-order valence-corrected chi connectivity index (χ1v) is 25.7. The zero-order valence-corrected chi connectivity index (χ0v) is 45.4. The van der Waals surface area contributed by atoms with Crippen molar-refractivity contribution in [3.63, 3.8) is 0 Å². The second kappa shape index (κ2) is 26.0. The molecule has 5 rings (SSSR count). The van der Waals surface area contributed by atoms with E-state index in [0.717, 1.165) is 22.3 Å². The summed E-state index contributed by atoms with van der Waals surface area (Å²) in [6.45, 7) is 23.6. The Morgan fingerprint density at radius 1 is 0.333 bits per heavy atom. The Labute approximate surface area is 431 Å². The minimum atomic E-state index is -0.753. The summed E-state index contributed by atoms with van der Waals surface area (Å²) < 4.78 is 24.5. The smallest absolute Gasteiger partial charge is 0.320 e. The fourth-order valence-electron chi connectivity index (χ4n) is 9.39. The molecule has 1 heterocycles. The van der Waals surface area contributed by atoms with Gasteiger partial charge in [-0.15, -0.1) is 0 Å². The van der Waals surface area contributed by atoms with Crippen molar-refractivity contribution in [2.75, 3.05) is 52.4 Å². The third kappa shape index (κ3) is 21.4. The second-order valence-corrected chi connectivity index (χ2v) is 23.4. The molecule has 0 spiro atoms. The van der Waals surface area contributed by atoms with E-state index >= 15 is 0 Å². The molecule has 0 bridgehead atoms. The van der Waals surface area contributed by atoms with Crippen LogP contribution in [0.4, 0.5) is 0 Å². The Bertz CT molecular complexity index is 1960. The number of hydrogen-bond donors (Lipinski definition) is 0. The van der Waals surface area contributed by atoms with E-state index in [1.807, 2.05) is 156 Å². The normalized spacial score (nSPS) is 19.6. The third-order valence-electron chi connectivity index (χ3n) is 12.1. The van der Waals surface area contributed by atoms with Crippen LogP contribution in [0.5, 0.6) is 0 Å². The summed E-state index contributed by atoms with van der Waals surface area (Å²) in [6, 6.07) is 39.3. The molecule has 12 nitrogen and oxygen atoms in total. The van der Waals surface area contributed by atoms with Crippen molar-refractivity contribution in [3.8, 4) is 0 Å². The van der Waals surface area contributed by atoms with Crippen LogP contribution < -0.4 is 0 Å². The molecular formula is C60H84N4O8. The fraction of sp³-hybridized carbons (Fsp3) is 0.533. The van der Waals surface area contributed by atoms with Gasteiger partial charge in [-0.05, 0) is 131 Å². The summed E-state index contributed by atoms with van der Waals surface area (Å²) >= 11 is 0. The average molecular weight is 989 g/mol. The number of benzene rings is 4. The molecule has 1 aliphatic heterocycles. The van der Waals surface area contributed by atoms with Gasteiger partial charge in [0.15, 0.2) is 0 Å². The molecule has 1 saturated heterocycles. The van der Waals surface area contributed by atoms with E-state index in [9.17, 15) is 19.2 Å². The quantitative estimate of drug-likeness (QED) is 0.0788. The minimum absolute atomic E-state index is 0.0534. The van der Waals surface area contributed by atoms with Crippen molar-refractivity contribution in [1.29, 1.82) is 0 Å². The molecule has 392 valence electrons. The van der Waals surface area contributed by atoms with Gasteiger partial charge in [0.05, 0.1) is 26.2 Å². The predicted octanol–water partition coefficient (Wildman–Crippen LogP) is 9.02. The van der Waals surface area contributed by atoms with Crippen LogP contribution in [0.2, 0.25) is 0 Å². The molecule has 12 heteroatoms. The molecular weight excluding hydrogens is 905 g/mol. The molecule has 4 atom stereocenters. The van der Waals surface area contributed by atoms with Crippen molar-refractivity contribution in [2.45, 2.75) is 155 Å². The lowest BCUT2D eigenvalue weighted by Gasteiger charge is -2.46. The molecule has 0 aliphatic carbocycles. The zero-order chi connectivity index (χ0) is 52.7. The zero-order valence-electron chi connectivity index (χ0n) is 45.4. The number of carbonyl (C=O) groups is 4. The summed E-state index contributed by atoms with van der Waals surface area (Å²) in [4.78, 5) is 66.5. The van der Waals surface area contributed by atoms with E-state index in [4.69, 9.17) is 18.9 Å². The number of esters is 4. The maximum Gasteiger partial charge on any atom is 0.320 e. The van der Waals surface area contributed by atoms with Crippen LogP contribution in [0.15, 0.2) is 121 Å². The van der Waals surface area contributed by atoms with Gasteiger partial charge < -0.3 is 18.9 Å². The molecule has 0 unspecified atom stereocenters. The minimum Gasteiger partial charge on any atom is -0.459 e. The first kappa shape index (κ1) is 57.5. The van der Waals surface area contributed by atoms with Gasteiger partial charge in [0.1, 0.15) is 22.4 Å². The van der Waals surface area contributed by atoms with Gasteiger partial charge in [-0.3, -0.25) is 38.8 Å². The first-order chi connectivity index (χ1) is 33.8. The van der Waals surface area contributed by atoms with Crippen LogP contribution in [0.3, 0.4) is 0 Å². The van der Waals surface area contributed by atoms with Gasteiger partial charge in [0, 0.05) is 50.3 Å². The number of nitrogens with zero attached hydrogens (tertiary/aromatic N) is 4. The summed E-state index contributed by atoms with van der Waals surface area (Å²) in [6.07, 6.45) is 2.09. The molecule has 4 aromatic carbocycles. The van der Waals surface area contributed by atoms with Gasteiger partial charge in [-0.25, -0.2) is 0 Å². The molecule has 0 N–H and O–H groups in total. The second-order valence-electron chi connectivity index (χ2n) is 23.4. The van der Waals surface area contributed by atoms with E-state index in [1.165, 1.54) is 0 Å². The molecule has 1 aliphatic rings. The highest BCUT2D eigenvalue weighted by molar-refractivity contribution is 5.74. The number of hydrogen-bond acceptors (Lipinski definition) is 12. The fourth-order valence-corrected chi connectivity index (χ4v) is 9.39. The maximum atomic E-state index is 14.4. The molecule has 4 aromatic rings. The van der Waals surface area contributed by atoms with Crippen molar-refractivity contribution < 1.29 is 38.1 Å². The summed E-state index contributed by atoms with van der Waals surface area (Å²) in [5.41, 5.74) is 1.21. The summed E-state index contributed by atoms with van der Waals surface area (Å²) in [5.74, 6) is -1.52. The molecule has 72 heavy (non-hydrogen) atoms. The van der Waals surface area contributed by atoms with Gasteiger partial charge >= 0.3 is 23.9 Å². The van der Waals surface area contributed by atoms with Gasteiger partial charge in [-0.1, -0.05) is 121 Å². The highest BCUT2D eigenvalue weighted by Crippen LogP contribution is 2.26. The van der Waals surface area contributed by atoms with Gasteiger partial charge in [0.25, 0.3) is 0 Å². The van der Waals surface area contributed by atoms with E-state index in [1.54, 1.807) is 0 Å². The van der Waals surface area contributed by atoms with Crippen LogP contribution >= 0.6 is 0 Å². The number of ether oxygens (including phenoxy) is 4. The van der Waals surface area contributed by atoms with E-state index < -0.39 is 22.4 Å². The molecule has 0 aromatic heterocycles. The lowest BCUT2D eigenvalue weighted by atomic mass is 9.95. The lowest BCUT2D eigenvalue weighted by Crippen LogP contribution is -2.61. The van der Waals surface area contributed by atoms with Crippen molar-refractivity contribution in [3.05, 3.63) is 144 Å². The Hall–Kier alpha value is -5.40. The van der Waals surface area contributed by atoms with E-state index in [0.29, 0.717) is 51.9 Å². The summed E-state index contributed by atoms with van der Waals surface area (Å²) in [7, 11) is 0. The Kier molecular flexibility index (Phi) is 20.8. The number of rotatable bonds is 16. The highest BCUT2D eigenvalue weighted by Gasteiger charge is 2.39. The first-order valence-electron chi connectivity index (χ1n) is 25.7. The van der Waals surface area contributed by atoms with Crippen molar-refractivity contribution in [2.24, 2.45) is 0 Å². The van der Waals surface area contributed by atoms with Crippen LogP contribution in [-0.4, -0.2) is 142 Å². The van der Waals surface area contributed by atoms with E-state index in [-0.39, 0.29) is 74.2 Å². The topological polar surface area (TPSA) is 118 Å². The monoisotopic (exact) mass is 989 g/mol. The molecule has 0 amide bonds. The summed E-state index contributed by atoms with van der Waals surface area (Å²) in [5, 5.41) is 0. The standard InChI is InChI=1S/C60H84N4O8/c1-57(2,3)69-53(65)41-61-37-50(34-46-27-19-14-20-28-46)63(43-55(67)71-59(7,8)9)39-52(36-48-31-23-16-24-32-48)64(44-56(68)72-60(10,11)12)40-51(35-47-29-21-15-22-30-47)62(42-54(66)70-58(4,5)6)38-49(61)33-45-25-17-13-18-26-45/h13-32,49-52H,33-44H2,1-12H3/t49-,50-,51-,52-/m0/s1. The van der Waals surface area contributed by atoms with Gasteiger partial charge in [0.2, 0.25) is 0 Å². The van der Waals surface area contributed by atoms with Crippen LogP contribution in [0, 0.1) is 0 Å². The van der Waals surface area contributed by atoms with Crippen molar-refractivity contribution in [1.82, 2.24) is 19.6 Å². The van der Waals surface area contributed by atoms with Gasteiger partial charge in [-0.2, -0.15) is 0 Å². The molecule has 1 fully saturated rings. The maximum absolute atomic E-state index is 14.4. The Morgan fingerprint density at radius 2 is 0.500 bits per heavy atom. The SMILES string of the molecule is CC(C)(C)OC(=O)CN1C[C@H](Cc2ccccc2)N(CC(=O)OC(C)(C)C)C[C@H](Cc2ccccc2)N(CC(=O)OC(C)(C)C)C[C@H](Cc2ccccc2)N(CC(=O)OC(C)(C)C)C[C@@H]1Cc1ccccc1. The predicted molar refractivity (Wildman–Crippen MR) is 285 cm³/mol. The average Bonchev–Trinajstić information content (AvgIpc) is 3.25. The van der Waals surface area contributed by atoms with E-state index in [2.05, 4.69) is 68.1 Å². The molecule has 0 saturated carbocycles. The largest absolute Gasteiger partial charge is 0.459 e.